The Labute approximate surface area is 241 Å². The third-order valence-electron chi connectivity index (χ3n) is 6.25. The average molecular weight is 569 g/mol. The molecule has 1 N–H and O–H groups in total. The standard InChI is InChI=1S/C32H25ClN2O6/c1-39-29-18-23(9-16-28(29)41-20-22-7-10-24(33)11-8-22)17-27-30(36)34-32(38)35(31(27)37)25-12-14-26(15-13-25)40-19-21-5-3-2-4-6-21/h2-18H,19-20H2,1H3,(H,34,36,38)/b27-17+. The lowest BCUT2D eigenvalue weighted by atomic mass is 10.1. The van der Waals surface area contributed by atoms with E-state index in [4.69, 9.17) is 25.8 Å². The van der Waals surface area contributed by atoms with Gasteiger partial charge >= 0.3 is 6.03 Å². The van der Waals surface area contributed by atoms with E-state index in [0.717, 1.165) is 16.0 Å². The summed E-state index contributed by atoms with van der Waals surface area (Å²) in [6.45, 7) is 0.668. The molecule has 4 aromatic rings. The zero-order chi connectivity index (χ0) is 28.8. The van der Waals surface area contributed by atoms with E-state index in [-0.39, 0.29) is 5.57 Å². The molecule has 8 nitrogen and oxygen atoms in total. The van der Waals surface area contributed by atoms with Gasteiger partial charge in [0, 0.05) is 5.02 Å². The maximum Gasteiger partial charge on any atom is 0.335 e. The number of imide groups is 2. The van der Waals surface area contributed by atoms with Gasteiger partial charge in [-0.2, -0.15) is 0 Å². The van der Waals surface area contributed by atoms with Crippen molar-refractivity contribution in [3.8, 4) is 17.2 Å². The molecular formula is C32H25ClN2O6. The third kappa shape index (κ3) is 6.57. The van der Waals surface area contributed by atoms with E-state index in [1.165, 1.54) is 13.2 Å². The van der Waals surface area contributed by atoms with Gasteiger partial charge in [-0.15, -0.1) is 0 Å². The summed E-state index contributed by atoms with van der Waals surface area (Å²) in [5, 5.41) is 2.87. The number of nitrogens with one attached hydrogen (secondary N) is 1. The highest BCUT2D eigenvalue weighted by molar-refractivity contribution is 6.39. The Bertz CT molecular complexity index is 1600. The molecule has 0 atom stereocenters. The number of hydrogen-bond donors (Lipinski definition) is 1. The van der Waals surface area contributed by atoms with Crippen molar-refractivity contribution in [3.63, 3.8) is 0 Å². The highest BCUT2D eigenvalue weighted by Gasteiger charge is 2.36. The number of anilines is 1. The van der Waals surface area contributed by atoms with Crippen LogP contribution in [0.25, 0.3) is 6.08 Å². The lowest BCUT2D eigenvalue weighted by molar-refractivity contribution is -0.122. The SMILES string of the molecule is COc1cc(/C=C2\C(=O)NC(=O)N(c3ccc(OCc4ccccc4)cc3)C2=O)ccc1OCc1ccc(Cl)cc1. The molecule has 1 aliphatic heterocycles. The van der Waals surface area contributed by atoms with Crippen molar-refractivity contribution < 1.29 is 28.6 Å². The molecule has 1 fully saturated rings. The first-order valence-corrected chi connectivity index (χ1v) is 13.0. The van der Waals surface area contributed by atoms with Crippen molar-refractivity contribution >= 4 is 41.2 Å². The molecule has 4 aromatic carbocycles. The highest BCUT2D eigenvalue weighted by Crippen LogP contribution is 2.31. The molecule has 0 unspecified atom stereocenters. The minimum Gasteiger partial charge on any atom is -0.493 e. The lowest BCUT2D eigenvalue weighted by Gasteiger charge is -2.26. The maximum atomic E-state index is 13.3. The Hall–Kier alpha value is -5.08. The average Bonchev–Trinajstić information content (AvgIpc) is 2.99. The van der Waals surface area contributed by atoms with Gasteiger partial charge in [0.05, 0.1) is 12.8 Å². The van der Waals surface area contributed by atoms with E-state index in [1.807, 2.05) is 42.5 Å². The third-order valence-corrected chi connectivity index (χ3v) is 6.50. The lowest BCUT2D eigenvalue weighted by Crippen LogP contribution is -2.54. The van der Waals surface area contributed by atoms with Crippen LogP contribution in [0.15, 0.2) is 103 Å². The molecule has 9 heteroatoms. The molecule has 1 aliphatic rings. The maximum absolute atomic E-state index is 13.3. The topological polar surface area (TPSA) is 94.2 Å². The second-order valence-corrected chi connectivity index (χ2v) is 9.49. The van der Waals surface area contributed by atoms with Crippen LogP contribution in [-0.4, -0.2) is 25.0 Å². The first kappa shape index (κ1) is 27.5. The second-order valence-electron chi connectivity index (χ2n) is 9.05. The number of rotatable bonds is 9. The summed E-state index contributed by atoms with van der Waals surface area (Å²) in [5.41, 5.74) is 2.53. The molecule has 1 heterocycles. The van der Waals surface area contributed by atoms with Crippen molar-refractivity contribution in [1.29, 1.82) is 0 Å². The molecular weight excluding hydrogens is 544 g/mol. The normalized spacial score (nSPS) is 14.1. The summed E-state index contributed by atoms with van der Waals surface area (Å²) < 4.78 is 17.1. The number of amides is 4. The first-order chi connectivity index (χ1) is 19.9. The van der Waals surface area contributed by atoms with E-state index in [2.05, 4.69) is 5.32 Å². The Kier molecular flexibility index (Phi) is 8.31. The number of ether oxygens (including phenoxy) is 3. The van der Waals surface area contributed by atoms with Crippen LogP contribution in [0.2, 0.25) is 5.02 Å². The van der Waals surface area contributed by atoms with Crippen LogP contribution >= 0.6 is 11.6 Å². The van der Waals surface area contributed by atoms with Crippen LogP contribution in [0.5, 0.6) is 17.2 Å². The van der Waals surface area contributed by atoms with E-state index in [9.17, 15) is 14.4 Å². The fourth-order valence-electron chi connectivity index (χ4n) is 4.13. The van der Waals surface area contributed by atoms with Crippen LogP contribution < -0.4 is 24.4 Å². The summed E-state index contributed by atoms with van der Waals surface area (Å²) in [5.74, 6) is -0.0778. The molecule has 0 spiro atoms. The summed E-state index contributed by atoms with van der Waals surface area (Å²) in [6, 6.07) is 27.6. The van der Waals surface area contributed by atoms with Gasteiger partial charge < -0.3 is 14.2 Å². The van der Waals surface area contributed by atoms with Crippen molar-refractivity contribution in [3.05, 3.63) is 124 Å². The van der Waals surface area contributed by atoms with Crippen LogP contribution in [-0.2, 0) is 22.8 Å². The van der Waals surface area contributed by atoms with Crippen molar-refractivity contribution in [1.82, 2.24) is 5.32 Å². The smallest absolute Gasteiger partial charge is 0.335 e. The predicted octanol–water partition coefficient (Wildman–Crippen LogP) is 6.17. The van der Waals surface area contributed by atoms with Crippen molar-refractivity contribution in [2.45, 2.75) is 13.2 Å². The van der Waals surface area contributed by atoms with E-state index in [0.29, 0.717) is 46.7 Å². The zero-order valence-electron chi connectivity index (χ0n) is 22.0. The molecule has 0 saturated carbocycles. The van der Waals surface area contributed by atoms with E-state index < -0.39 is 17.8 Å². The summed E-state index contributed by atoms with van der Waals surface area (Å²) in [4.78, 5) is 39.5. The molecule has 0 radical (unpaired) electrons. The number of halogens is 1. The number of nitrogens with zero attached hydrogens (tertiary/aromatic N) is 1. The minimum absolute atomic E-state index is 0.203. The van der Waals surface area contributed by atoms with Gasteiger partial charge in [0.25, 0.3) is 11.8 Å². The molecule has 1 saturated heterocycles. The number of hydrogen-bond acceptors (Lipinski definition) is 6. The van der Waals surface area contributed by atoms with Gasteiger partial charge in [0.2, 0.25) is 0 Å². The second kappa shape index (κ2) is 12.4. The predicted molar refractivity (Wildman–Crippen MR) is 155 cm³/mol. The Morgan fingerprint density at radius 2 is 1.46 bits per heavy atom. The molecule has 206 valence electrons. The van der Waals surface area contributed by atoms with Crippen LogP contribution in [0.3, 0.4) is 0 Å². The van der Waals surface area contributed by atoms with Gasteiger partial charge in [-0.05, 0) is 71.3 Å². The van der Waals surface area contributed by atoms with Gasteiger partial charge in [-0.1, -0.05) is 60.1 Å². The Morgan fingerprint density at radius 1 is 0.780 bits per heavy atom. The van der Waals surface area contributed by atoms with Gasteiger partial charge in [0.15, 0.2) is 11.5 Å². The number of barbiturate groups is 1. The molecule has 41 heavy (non-hydrogen) atoms. The van der Waals surface area contributed by atoms with Crippen LogP contribution in [0, 0.1) is 0 Å². The minimum atomic E-state index is -0.835. The van der Waals surface area contributed by atoms with Crippen molar-refractivity contribution in [2.24, 2.45) is 0 Å². The first-order valence-electron chi connectivity index (χ1n) is 12.6. The number of carbonyl (C=O) groups is 3. The number of methoxy groups -OCH3 is 1. The van der Waals surface area contributed by atoms with Crippen LogP contribution in [0.4, 0.5) is 10.5 Å². The fourth-order valence-corrected chi connectivity index (χ4v) is 4.25. The molecule has 0 aromatic heterocycles. The zero-order valence-corrected chi connectivity index (χ0v) is 22.8. The monoisotopic (exact) mass is 568 g/mol. The van der Waals surface area contributed by atoms with E-state index >= 15 is 0 Å². The molecule has 0 bridgehead atoms. The molecule has 0 aliphatic carbocycles. The van der Waals surface area contributed by atoms with Gasteiger partial charge in [-0.25, -0.2) is 9.69 Å². The number of carbonyl (C=O) groups excluding carboxylic acids is 3. The van der Waals surface area contributed by atoms with Gasteiger partial charge in [-0.3, -0.25) is 14.9 Å². The quantitative estimate of drug-likeness (QED) is 0.192. The number of benzene rings is 4. The van der Waals surface area contributed by atoms with Gasteiger partial charge in [0.1, 0.15) is 24.5 Å². The highest BCUT2D eigenvalue weighted by atomic mass is 35.5. The van der Waals surface area contributed by atoms with E-state index in [1.54, 1.807) is 54.6 Å². The Balaban J connectivity index is 1.31. The molecule has 5 rings (SSSR count). The number of urea groups is 1. The summed E-state index contributed by atoms with van der Waals surface area (Å²) >= 11 is 5.94. The van der Waals surface area contributed by atoms with Crippen LogP contribution in [0.1, 0.15) is 16.7 Å². The fraction of sp³-hybridized carbons (Fsp3) is 0.0938. The molecule has 4 amide bonds. The summed E-state index contributed by atoms with van der Waals surface area (Å²) in [6.07, 6.45) is 1.40. The summed E-state index contributed by atoms with van der Waals surface area (Å²) in [7, 11) is 1.49. The van der Waals surface area contributed by atoms with Crippen molar-refractivity contribution in [2.75, 3.05) is 12.0 Å². The largest absolute Gasteiger partial charge is 0.493 e. The Morgan fingerprint density at radius 3 is 2.17 bits per heavy atom.